The van der Waals surface area contributed by atoms with E-state index in [1.54, 1.807) is 24.3 Å². The SMILES string of the molecule is Cc1c([C@@H]2CCOC(C)(C)C2)nc(N)c(C#N)c1-c1ccc(C(N)=O)cc1. The second-order valence-electron chi connectivity index (χ2n) is 7.61. The molecule has 1 atom stereocenters. The number of anilines is 1. The number of carbonyl (C=O) groups is 1. The molecule has 0 saturated carbocycles. The number of nitrogens with zero attached hydrogens (tertiary/aromatic N) is 2. The van der Waals surface area contributed by atoms with Crippen molar-refractivity contribution >= 4 is 11.7 Å². The maximum Gasteiger partial charge on any atom is 0.248 e. The number of benzene rings is 1. The summed E-state index contributed by atoms with van der Waals surface area (Å²) in [5, 5.41) is 9.65. The van der Waals surface area contributed by atoms with Gasteiger partial charge in [0.15, 0.2) is 0 Å². The fourth-order valence-electron chi connectivity index (χ4n) is 3.85. The molecule has 1 aromatic carbocycles. The standard InChI is InChI=1S/C21H24N4O2/c1-12-17(13-4-6-14(7-5-13)20(24)26)16(11-22)19(23)25-18(12)15-8-9-27-21(2,3)10-15/h4-7,15H,8-10H2,1-3H3,(H2,23,25)(H2,24,26)/t15-/m1/s1. The first-order chi connectivity index (χ1) is 12.7. The first-order valence-corrected chi connectivity index (χ1v) is 8.98. The smallest absolute Gasteiger partial charge is 0.248 e. The second kappa shape index (κ2) is 7.01. The van der Waals surface area contributed by atoms with E-state index in [0.717, 1.165) is 35.2 Å². The molecular weight excluding hydrogens is 340 g/mol. The maximum absolute atomic E-state index is 11.3. The summed E-state index contributed by atoms with van der Waals surface area (Å²) in [6, 6.07) is 9.08. The van der Waals surface area contributed by atoms with Crippen LogP contribution in [0.15, 0.2) is 24.3 Å². The molecule has 2 aromatic rings. The van der Waals surface area contributed by atoms with Crippen LogP contribution in [0, 0.1) is 18.3 Å². The van der Waals surface area contributed by atoms with Crippen molar-refractivity contribution in [1.82, 2.24) is 4.98 Å². The lowest BCUT2D eigenvalue weighted by Crippen LogP contribution is -2.33. The van der Waals surface area contributed by atoms with Crippen LogP contribution in [0.2, 0.25) is 0 Å². The third kappa shape index (κ3) is 3.64. The molecule has 1 amide bonds. The molecule has 3 rings (SSSR count). The Morgan fingerprint density at radius 2 is 2.00 bits per heavy atom. The van der Waals surface area contributed by atoms with Gasteiger partial charge >= 0.3 is 0 Å². The van der Waals surface area contributed by atoms with Crippen LogP contribution < -0.4 is 11.5 Å². The normalized spacial score (nSPS) is 18.7. The van der Waals surface area contributed by atoms with Gasteiger partial charge < -0.3 is 16.2 Å². The molecule has 1 aromatic heterocycles. The van der Waals surface area contributed by atoms with Gasteiger partial charge in [-0.2, -0.15) is 5.26 Å². The van der Waals surface area contributed by atoms with Crippen molar-refractivity contribution in [1.29, 1.82) is 5.26 Å². The predicted molar refractivity (Wildman–Crippen MR) is 104 cm³/mol. The zero-order valence-electron chi connectivity index (χ0n) is 15.9. The Balaban J connectivity index is 2.14. The molecule has 6 heteroatoms. The minimum absolute atomic E-state index is 0.215. The van der Waals surface area contributed by atoms with Gasteiger partial charge in [0.1, 0.15) is 17.5 Å². The monoisotopic (exact) mass is 364 g/mol. The summed E-state index contributed by atoms with van der Waals surface area (Å²) in [6.45, 7) is 6.79. The van der Waals surface area contributed by atoms with Crippen LogP contribution in [0.4, 0.5) is 5.82 Å². The Bertz CT molecular complexity index is 927. The number of nitrogens with two attached hydrogens (primary N) is 2. The van der Waals surface area contributed by atoms with Gasteiger partial charge in [-0.25, -0.2) is 4.98 Å². The van der Waals surface area contributed by atoms with Crippen LogP contribution >= 0.6 is 0 Å². The van der Waals surface area contributed by atoms with Gasteiger partial charge in [-0.15, -0.1) is 0 Å². The molecule has 1 aliphatic rings. The average molecular weight is 364 g/mol. The van der Waals surface area contributed by atoms with E-state index in [1.807, 2.05) is 6.92 Å². The van der Waals surface area contributed by atoms with Crippen LogP contribution in [-0.4, -0.2) is 23.1 Å². The van der Waals surface area contributed by atoms with Crippen molar-refractivity contribution in [2.24, 2.45) is 5.73 Å². The second-order valence-corrected chi connectivity index (χ2v) is 7.61. The highest BCUT2D eigenvalue weighted by molar-refractivity contribution is 5.93. The molecule has 1 saturated heterocycles. The average Bonchev–Trinajstić information content (AvgIpc) is 2.62. The first kappa shape index (κ1) is 18.9. The van der Waals surface area contributed by atoms with E-state index in [2.05, 4.69) is 24.9 Å². The van der Waals surface area contributed by atoms with Crippen molar-refractivity contribution in [3.63, 3.8) is 0 Å². The van der Waals surface area contributed by atoms with Crippen molar-refractivity contribution in [3.8, 4) is 17.2 Å². The van der Waals surface area contributed by atoms with Crippen LogP contribution in [0.25, 0.3) is 11.1 Å². The van der Waals surface area contributed by atoms with Crippen LogP contribution in [0.3, 0.4) is 0 Å². The van der Waals surface area contributed by atoms with E-state index in [1.165, 1.54) is 0 Å². The van der Waals surface area contributed by atoms with Crippen LogP contribution in [0.5, 0.6) is 0 Å². The Hall–Kier alpha value is -2.91. The third-order valence-corrected chi connectivity index (χ3v) is 5.16. The topological polar surface area (TPSA) is 115 Å². The number of carbonyl (C=O) groups excluding carboxylic acids is 1. The lowest BCUT2D eigenvalue weighted by molar-refractivity contribution is -0.0598. The number of nitriles is 1. The number of ether oxygens (including phenoxy) is 1. The number of nitrogen functional groups attached to an aromatic ring is 1. The Morgan fingerprint density at radius 3 is 2.56 bits per heavy atom. The molecule has 140 valence electrons. The molecule has 0 unspecified atom stereocenters. The van der Waals surface area contributed by atoms with Gasteiger partial charge in [0.2, 0.25) is 5.91 Å². The Labute approximate surface area is 159 Å². The van der Waals surface area contributed by atoms with Gasteiger partial charge in [-0.05, 0) is 56.9 Å². The summed E-state index contributed by atoms with van der Waals surface area (Å²) >= 11 is 0. The van der Waals surface area contributed by atoms with Gasteiger partial charge in [-0.3, -0.25) is 4.79 Å². The number of hydrogen-bond donors (Lipinski definition) is 2. The minimum atomic E-state index is -0.488. The molecule has 1 aliphatic heterocycles. The first-order valence-electron chi connectivity index (χ1n) is 8.98. The van der Waals surface area contributed by atoms with E-state index in [0.29, 0.717) is 17.7 Å². The van der Waals surface area contributed by atoms with E-state index < -0.39 is 5.91 Å². The third-order valence-electron chi connectivity index (χ3n) is 5.16. The molecule has 0 spiro atoms. The highest BCUT2D eigenvalue weighted by Crippen LogP contribution is 2.40. The lowest BCUT2D eigenvalue weighted by atomic mass is 9.82. The molecule has 0 radical (unpaired) electrons. The largest absolute Gasteiger partial charge is 0.383 e. The molecule has 4 N–H and O–H groups in total. The molecular formula is C21H24N4O2. The summed E-state index contributed by atoms with van der Waals surface area (Å²) in [6.07, 6.45) is 1.70. The summed E-state index contributed by atoms with van der Waals surface area (Å²) in [7, 11) is 0. The zero-order valence-corrected chi connectivity index (χ0v) is 15.9. The predicted octanol–water partition coefficient (Wildman–Crippen LogP) is 3.28. The Morgan fingerprint density at radius 1 is 1.33 bits per heavy atom. The van der Waals surface area contributed by atoms with Gasteiger partial charge in [0.25, 0.3) is 0 Å². The number of rotatable bonds is 3. The van der Waals surface area contributed by atoms with Gasteiger partial charge in [-0.1, -0.05) is 12.1 Å². The van der Waals surface area contributed by atoms with Gasteiger partial charge in [0.05, 0.1) is 5.60 Å². The summed E-state index contributed by atoms with van der Waals surface area (Å²) in [4.78, 5) is 15.9. The molecule has 0 aliphatic carbocycles. The van der Waals surface area contributed by atoms with Crippen molar-refractivity contribution < 1.29 is 9.53 Å². The van der Waals surface area contributed by atoms with E-state index in [9.17, 15) is 10.1 Å². The highest BCUT2D eigenvalue weighted by Gasteiger charge is 2.32. The Kier molecular flexibility index (Phi) is 4.90. The maximum atomic E-state index is 11.3. The lowest BCUT2D eigenvalue weighted by Gasteiger charge is -2.36. The molecule has 2 heterocycles. The van der Waals surface area contributed by atoms with E-state index >= 15 is 0 Å². The summed E-state index contributed by atoms with van der Waals surface area (Å²) < 4.78 is 5.83. The summed E-state index contributed by atoms with van der Waals surface area (Å²) in [5.74, 6) is -0.0399. The fourth-order valence-corrected chi connectivity index (χ4v) is 3.85. The van der Waals surface area contributed by atoms with Crippen molar-refractivity contribution in [2.45, 2.75) is 45.1 Å². The minimum Gasteiger partial charge on any atom is -0.383 e. The molecule has 0 bridgehead atoms. The quantitative estimate of drug-likeness (QED) is 0.867. The molecule has 1 fully saturated rings. The van der Waals surface area contributed by atoms with Crippen LogP contribution in [-0.2, 0) is 4.74 Å². The molecule has 6 nitrogen and oxygen atoms in total. The van der Waals surface area contributed by atoms with Crippen molar-refractivity contribution in [2.75, 3.05) is 12.3 Å². The number of aromatic nitrogens is 1. The number of primary amides is 1. The fraction of sp³-hybridized carbons (Fsp3) is 0.381. The number of pyridine rings is 1. The highest BCUT2D eigenvalue weighted by atomic mass is 16.5. The van der Waals surface area contributed by atoms with E-state index in [-0.39, 0.29) is 17.3 Å². The van der Waals surface area contributed by atoms with E-state index in [4.69, 9.17) is 16.2 Å². The number of hydrogen-bond acceptors (Lipinski definition) is 5. The number of amides is 1. The summed E-state index contributed by atoms with van der Waals surface area (Å²) in [5.41, 5.74) is 15.5. The van der Waals surface area contributed by atoms with Crippen LogP contribution in [0.1, 0.15) is 59.8 Å². The van der Waals surface area contributed by atoms with Gasteiger partial charge in [0, 0.05) is 29.3 Å². The zero-order chi connectivity index (χ0) is 19.8. The van der Waals surface area contributed by atoms with Crippen molar-refractivity contribution in [3.05, 3.63) is 46.6 Å². The molecule has 27 heavy (non-hydrogen) atoms.